The van der Waals surface area contributed by atoms with Gasteiger partial charge in [0.1, 0.15) is 16.9 Å². The summed E-state index contributed by atoms with van der Waals surface area (Å²) in [7, 11) is 1.67. The van der Waals surface area contributed by atoms with E-state index < -0.39 is 6.17 Å². The molecule has 0 radical (unpaired) electrons. The standard InChI is InChI=1S/C22H26FN7OS/c1-12-7-25-17(13(2)19(12)31-3)10-30-20-18-16(28-30)6-14(4-5-29-8-15(23)9-29)11-32-21(18)27-22(24)26-20/h6-7,15H,4-5,8-11H2,1-3H3,(H2,24,26,27). The lowest BCUT2D eigenvalue weighted by Gasteiger charge is -2.34. The normalized spacial score (nSPS) is 16.7. The Morgan fingerprint density at radius 1 is 1.28 bits per heavy atom. The van der Waals surface area contributed by atoms with Crippen LogP contribution in [0.15, 0.2) is 16.8 Å². The Morgan fingerprint density at radius 3 is 2.84 bits per heavy atom. The van der Waals surface area contributed by atoms with Gasteiger partial charge in [-0.2, -0.15) is 10.1 Å². The second kappa shape index (κ2) is 8.32. The molecule has 5 rings (SSSR count). The number of likely N-dealkylation sites (tertiary alicyclic amines) is 1. The number of aryl methyl sites for hydroxylation is 1. The van der Waals surface area contributed by atoms with Gasteiger partial charge in [0, 0.05) is 42.7 Å². The highest BCUT2D eigenvalue weighted by atomic mass is 32.2. The minimum atomic E-state index is -0.678. The molecule has 1 fully saturated rings. The maximum Gasteiger partial charge on any atom is 0.223 e. The van der Waals surface area contributed by atoms with E-state index in [1.54, 1.807) is 18.9 Å². The van der Waals surface area contributed by atoms with Crippen molar-refractivity contribution in [1.29, 1.82) is 0 Å². The van der Waals surface area contributed by atoms with Gasteiger partial charge < -0.3 is 10.5 Å². The second-order valence-corrected chi connectivity index (χ2v) is 9.34. The summed E-state index contributed by atoms with van der Waals surface area (Å²) < 4.78 is 20.5. The SMILES string of the molecule is COc1c(C)cnc(Cn2nc3c4c(nc(N)nc42)SCC(CCN2CC(F)C2)=C3)c1C. The molecule has 2 N–H and O–H groups in total. The van der Waals surface area contributed by atoms with Gasteiger partial charge in [0.15, 0.2) is 5.65 Å². The number of hydrogen-bond donors (Lipinski definition) is 1. The zero-order valence-electron chi connectivity index (χ0n) is 18.4. The van der Waals surface area contributed by atoms with Crippen molar-refractivity contribution in [1.82, 2.24) is 29.6 Å². The number of hydrogen-bond acceptors (Lipinski definition) is 8. The van der Waals surface area contributed by atoms with Crippen molar-refractivity contribution in [2.24, 2.45) is 0 Å². The fraction of sp³-hybridized carbons (Fsp3) is 0.455. The number of nitrogens with zero attached hydrogens (tertiary/aromatic N) is 6. The minimum Gasteiger partial charge on any atom is -0.496 e. The van der Waals surface area contributed by atoms with Crippen molar-refractivity contribution in [3.8, 4) is 5.75 Å². The number of pyridine rings is 1. The molecule has 8 nitrogen and oxygen atoms in total. The third kappa shape index (κ3) is 3.81. The van der Waals surface area contributed by atoms with Crippen molar-refractivity contribution in [3.63, 3.8) is 0 Å². The second-order valence-electron chi connectivity index (χ2n) is 8.37. The Bertz CT molecular complexity index is 1220. The smallest absolute Gasteiger partial charge is 0.223 e. The Labute approximate surface area is 190 Å². The first-order valence-electron chi connectivity index (χ1n) is 10.6. The van der Waals surface area contributed by atoms with E-state index in [2.05, 4.69) is 25.9 Å². The molecule has 2 aliphatic heterocycles. The van der Waals surface area contributed by atoms with Crippen molar-refractivity contribution in [2.45, 2.75) is 38.0 Å². The number of rotatable bonds is 6. The van der Waals surface area contributed by atoms with Gasteiger partial charge in [-0.3, -0.25) is 9.88 Å². The number of methoxy groups -OCH3 is 1. The summed E-state index contributed by atoms with van der Waals surface area (Å²) in [6.45, 7) is 6.36. The third-order valence-corrected chi connectivity index (χ3v) is 7.13. The molecule has 0 aliphatic carbocycles. The molecule has 3 aromatic heterocycles. The predicted molar refractivity (Wildman–Crippen MR) is 124 cm³/mol. The van der Waals surface area contributed by atoms with Crippen LogP contribution in [0.3, 0.4) is 0 Å². The van der Waals surface area contributed by atoms with Crippen molar-refractivity contribution >= 4 is 34.8 Å². The molecular weight excluding hydrogens is 429 g/mol. The van der Waals surface area contributed by atoms with Gasteiger partial charge in [-0.15, -0.1) is 11.8 Å². The van der Waals surface area contributed by atoms with E-state index in [-0.39, 0.29) is 5.95 Å². The van der Waals surface area contributed by atoms with Crippen LogP contribution in [0.1, 0.15) is 28.9 Å². The number of halogens is 1. The Hall–Kier alpha value is -2.72. The molecule has 168 valence electrons. The first-order chi connectivity index (χ1) is 15.4. The maximum absolute atomic E-state index is 13.1. The van der Waals surface area contributed by atoms with Crippen LogP contribution in [0.2, 0.25) is 0 Å². The average molecular weight is 456 g/mol. The van der Waals surface area contributed by atoms with E-state index in [1.165, 1.54) is 5.57 Å². The Kier molecular flexibility index (Phi) is 5.50. The summed E-state index contributed by atoms with van der Waals surface area (Å²) in [5.41, 5.74) is 11.7. The number of nitrogen functional groups attached to an aromatic ring is 1. The summed E-state index contributed by atoms with van der Waals surface area (Å²) in [6, 6.07) is 0. The molecule has 0 aromatic carbocycles. The van der Waals surface area contributed by atoms with Gasteiger partial charge in [0.05, 0.1) is 30.4 Å². The van der Waals surface area contributed by atoms with Crippen molar-refractivity contribution < 1.29 is 9.13 Å². The van der Waals surface area contributed by atoms with E-state index in [9.17, 15) is 4.39 Å². The summed E-state index contributed by atoms with van der Waals surface area (Å²) in [5, 5.41) is 6.64. The lowest BCUT2D eigenvalue weighted by molar-refractivity contribution is 0.0671. The number of anilines is 1. The zero-order chi connectivity index (χ0) is 22.4. The Morgan fingerprint density at radius 2 is 2.09 bits per heavy atom. The number of alkyl halides is 1. The van der Waals surface area contributed by atoms with Crippen LogP contribution in [-0.4, -0.2) is 68.3 Å². The van der Waals surface area contributed by atoms with E-state index in [1.807, 2.05) is 24.7 Å². The lowest BCUT2D eigenvalue weighted by Crippen LogP contribution is -2.48. The van der Waals surface area contributed by atoms with E-state index in [0.29, 0.717) is 25.3 Å². The monoisotopic (exact) mass is 455 g/mol. The highest BCUT2D eigenvalue weighted by Crippen LogP contribution is 2.36. The van der Waals surface area contributed by atoms with Gasteiger partial charge in [0.2, 0.25) is 5.95 Å². The predicted octanol–water partition coefficient (Wildman–Crippen LogP) is 3.01. The quantitative estimate of drug-likeness (QED) is 0.567. The molecule has 2 aliphatic rings. The summed E-state index contributed by atoms with van der Waals surface area (Å²) in [6.07, 6.45) is 4.14. The summed E-state index contributed by atoms with van der Waals surface area (Å²) in [5.74, 6) is 1.88. The van der Waals surface area contributed by atoms with Crippen molar-refractivity contribution in [3.05, 3.63) is 34.3 Å². The van der Waals surface area contributed by atoms with Gasteiger partial charge in [-0.1, -0.05) is 5.57 Å². The third-order valence-electron chi connectivity index (χ3n) is 6.05. The molecule has 1 saturated heterocycles. The molecule has 0 atom stereocenters. The maximum atomic E-state index is 13.1. The van der Waals surface area contributed by atoms with Crippen molar-refractivity contribution in [2.75, 3.05) is 38.2 Å². The largest absolute Gasteiger partial charge is 0.496 e. The van der Waals surface area contributed by atoms with Crippen LogP contribution in [0.5, 0.6) is 5.75 Å². The fourth-order valence-corrected chi connectivity index (χ4v) is 5.35. The van der Waals surface area contributed by atoms with E-state index in [0.717, 1.165) is 57.4 Å². The minimum absolute atomic E-state index is 0.233. The Balaban J connectivity index is 1.50. The zero-order valence-corrected chi connectivity index (χ0v) is 19.2. The number of aromatic nitrogens is 5. The summed E-state index contributed by atoms with van der Waals surface area (Å²) >= 11 is 1.65. The fourth-order valence-electron chi connectivity index (χ4n) is 4.30. The molecule has 0 bridgehead atoms. The average Bonchev–Trinajstić information content (AvgIpc) is 2.96. The topological polar surface area (TPSA) is 95.0 Å². The molecule has 32 heavy (non-hydrogen) atoms. The molecular formula is C22H26FN7OS. The molecule has 5 heterocycles. The molecule has 3 aromatic rings. The first-order valence-corrected chi connectivity index (χ1v) is 11.6. The van der Waals surface area contributed by atoms with Gasteiger partial charge in [0.25, 0.3) is 0 Å². The van der Waals surface area contributed by atoms with Crippen LogP contribution in [-0.2, 0) is 6.54 Å². The van der Waals surface area contributed by atoms with Gasteiger partial charge in [-0.05, 0) is 26.3 Å². The highest BCUT2D eigenvalue weighted by molar-refractivity contribution is 7.99. The van der Waals surface area contributed by atoms with Crippen LogP contribution in [0.4, 0.5) is 10.3 Å². The number of ether oxygens (including phenoxy) is 1. The molecule has 0 saturated carbocycles. The number of nitrogens with two attached hydrogens (primary N) is 1. The molecule has 10 heteroatoms. The molecule has 0 spiro atoms. The van der Waals surface area contributed by atoms with Gasteiger partial charge >= 0.3 is 0 Å². The van der Waals surface area contributed by atoms with Crippen LogP contribution in [0, 0.1) is 13.8 Å². The van der Waals surface area contributed by atoms with Crippen LogP contribution >= 0.6 is 11.8 Å². The van der Waals surface area contributed by atoms with Crippen LogP contribution < -0.4 is 10.5 Å². The van der Waals surface area contributed by atoms with Gasteiger partial charge in [-0.25, -0.2) is 14.1 Å². The lowest BCUT2D eigenvalue weighted by atomic mass is 10.1. The van der Waals surface area contributed by atoms with E-state index >= 15 is 0 Å². The summed E-state index contributed by atoms with van der Waals surface area (Å²) in [4.78, 5) is 15.7. The molecule has 0 amide bonds. The first kappa shape index (κ1) is 21.1. The van der Waals surface area contributed by atoms with E-state index in [4.69, 9.17) is 15.6 Å². The van der Waals surface area contributed by atoms with Crippen LogP contribution in [0.25, 0.3) is 17.1 Å². The number of thioether (sulfide) groups is 1. The highest BCUT2D eigenvalue weighted by Gasteiger charge is 2.26. The molecule has 0 unspecified atom stereocenters.